The van der Waals surface area contributed by atoms with E-state index in [2.05, 4.69) is 10.6 Å². The van der Waals surface area contributed by atoms with Crippen LogP contribution in [0.15, 0.2) is 24.3 Å². The van der Waals surface area contributed by atoms with E-state index >= 15 is 0 Å². The molecule has 0 bridgehead atoms. The molecular formula is C14H21ClN2O3. The summed E-state index contributed by atoms with van der Waals surface area (Å²) < 4.78 is 4.80. The minimum absolute atomic E-state index is 0.115. The summed E-state index contributed by atoms with van der Waals surface area (Å²) in [6, 6.07) is 6.93. The van der Waals surface area contributed by atoms with E-state index in [0.29, 0.717) is 18.0 Å². The van der Waals surface area contributed by atoms with Gasteiger partial charge in [-0.25, -0.2) is 4.79 Å². The van der Waals surface area contributed by atoms with Crippen LogP contribution in [0.5, 0.6) is 0 Å². The Bertz CT molecular complexity index is 411. The van der Waals surface area contributed by atoms with Gasteiger partial charge in [0.2, 0.25) is 0 Å². The Labute approximate surface area is 124 Å². The van der Waals surface area contributed by atoms with Gasteiger partial charge in [0.05, 0.1) is 18.8 Å². The highest BCUT2D eigenvalue weighted by molar-refractivity contribution is 6.30. The largest absolute Gasteiger partial charge is 0.391 e. The molecule has 0 radical (unpaired) electrons. The van der Waals surface area contributed by atoms with Gasteiger partial charge in [-0.2, -0.15) is 0 Å². The number of nitrogens with one attached hydrogen (secondary N) is 2. The molecule has 0 aliphatic rings. The van der Waals surface area contributed by atoms with Crippen LogP contribution in [0.1, 0.15) is 24.9 Å². The maximum Gasteiger partial charge on any atom is 0.315 e. The van der Waals surface area contributed by atoms with Crippen molar-refractivity contribution < 1.29 is 14.6 Å². The number of ether oxygens (including phenoxy) is 1. The van der Waals surface area contributed by atoms with Gasteiger partial charge in [-0.3, -0.25) is 0 Å². The van der Waals surface area contributed by atoms with Gasteiger partial charge < -0.3 is 20.5 Å². The van der Waals surface area contributed by atoms with E-state index in [9.17, 15) is 9.90 Å². The van der Waals surface area contributed by atoms with E-state index in [-0.39, 0.29) is 18.7 Å². The molecule has 0 spiro atoms. The zero-order valence-corrected chi connectivity index (χ0v) is 12.5. The maximum absolute atomic E-state index is 11.7. The third-order valence-corrected chi connectivity index (χ3v) is 3.09. The lowest BCUT2D eigenvalue weighted by molar-refractivity contribution is 0.0598. The van der Waals surface area contributed by atoms with Gasteiger partial charge in [-0.1, -0.05) is 23.7 Å². The molecule has 0 heterocycles. The van der Waals surface area contributed by atoms with Gasteiger partial charge in [0, 0.05) is 18.7 Å². The van der Waals surface area contributed by atoms with Crippen LogP contribution in [0.25, 0.3) is 0 Å². The lowest BCUT2D eigenvalue weighted by atomic mass is 10.1. The third kappa shape index (κ3) is 6.23. The van der Waals surface area contributed by atoms with Crippen molar-refractivity contribution in [2.75, 3.05) is 20.3 Å². The summed E-state index contributed by atoms with van der Waals surface area (Å²) in [4.78, 5) is 11.7. The Morgan fingerprint density at radius 2 is 2.05 bits per heavy atom. The van der Waals surface area contributed by atoms with Gasteiger partial charge in [-0.05, 0) is 31.0 Å². The zero-order chi connectivity index (χ0) is 15.0. The Balaban J connectivity index is 2.29. The van der Waals surface area contributed by atoms with Crippen LogP contribution in [0.3, 0.4) is 0 Å². The van der Waals surface area contributed by atoms with Crippen LogP contribution in [0.2, 0.25) is 5.02 Å². The lowest BCUT2D eigenvalue weighted by Gasteiger charge is -2.16. The monoisotopic (exact) mass is 300 g/mol. The molecule has 2 atom stereocenters. The lowest BCUT2D eigenvalue weighted by Crippen LogP contribution is -2.38. The summed E-state index contributed by atoms with van der Waals surface area (Å²) >= 11 is 5.81. The average Bonchev–Trinajstić information content (AvgIpc) is 2.39. The second-order valence-electron chi connectivity index (χ2n) is 4.57. The van der Waals surface area contributed by atoms with Crippen molar-refractivity contribution in [3.05, 3.63) is 34.9 Å². The number of urea groups is 1. The van der Waals surface area contributed by atoms with Crippen LogP contribution < -0.4 is 10.6 Å². The summed E-state index contributed by atoms with van der Waals surface area (Å²) in [5, 5.41) is 15.6. The molecule has 0 aliphatic heterocycles. The van der Waals surface area contributed by atoms with E-state index in [1.54, 1.807) is 12.1 Å². The molecule has 20 heavy (non-hydrogen) atoms. The van der Waals surface area contributed by atoms with Gasteiger partial charge in [0.1, 0.15) is 0 Å². The molecule has 6 heteroatoms. The number of methoxy groups -OCH3 is 1. The molecule has 0 aliphatic carbocycles. The smallest absolute Gasteiger partial charge is 0.315 e. The molecule has 2 amide bonds. The van der Waals surface area contributed by atoms with Gasteiger partial charge in [0.25, 0.3) is 0 Å². The van der Waals surface area contributed by atoms with E-state index in [1.807, 2.05) is 19.1 Å². The molecular weight excluding hydrogens is 280 g/mol. The number of carbonyl (C=O) groups is 1. The maximum atomic E-state index is 11.7. The van der Waals surface area contributed by atoms with Crippen molar-refractivity contribution in [1.29, 1.82) is 0 Å². The topological polar surface area (TPSA) is 70.6 Å². The average molecular weight is 301 g/mol. The number of aliphatic hydroxyl groups excluding tert-OH is 1. The Hall–Kier alpha value is -1.30. The normalized spacial score (nSPS) is 13.6. The summed E-state index contributed by atoms with van der Waals surface area (Å²) in [5.74, 6) is 0. The quantitative estimate of drug-likeness (QED) is 0.722. The van der Waals surface area contributed by atoms with Crippen molar-refractivity contribution in [1.82, 2.24) is 10.6 Å². The third-order valence-electron chi connectivity index (χ3n) is 2.84. The highest BCUT2D eigenvalue weighted by Gasteiger charge is 2.09. The molecule has 3 N–H and O–H groups in total. The van der Waals surface area contributed by atoms with Crippen LogP contribution in [-0.4, -0.2) is 37.5 Å². The molecule has 1 aromatic carbocycles. The number of aliphatic hydroxyl groups is 1. The molecule has 1 rings (SSSR count). The first-order chi connectivity index (χ1) is 9.52. The SMILES string of the molecule is COCC(O)CCNC(=O)NC(C)c1ccc(Cl)cc1. The zero-order valence-electron chi connectivity index (χ0n) is 11.7. The molecule has 112 valence electrons. The molecule has 5 nitrogen and oxygen atoms in total. The van der Waals surface area contributed by atoms with Crippen molar-refractivity contribution in [2.24, 2.45) is 0 Å². The standard InChI is InChI=1S/C14H21ClN2O3/c1-10(11-3-5-12(15)6-4-11)17-14(19)16-8-7-13(18)9-20-2/h3-6,10,13,18H,7-9H2,1-2H3,(H2,16,17,19). The molecule has 1 aromatic rings. The van der Waals surface area contributed by atoms with Crippen molar-refractivity contribution >= 4 is 17.6 Å². The molecule has 2 unspecified atom stereocenters. The Morgan fingerprint density at radius 1 is 1.40 bits per heavy atom. The van der Waals surface area contributed by atoms with Gasteiger partial charge in [0.15, 0.2) is 0 Å². The van der Waals surface area contributed by atoms with Crippen molar-refractivity contribution in [2.45, 2.75) is 25.5 Å². The first kappa shape index (κ1) is 16.8. The summed E-state index contributed by atoms with van der Waals surface area (Å²) in [6.45, 7) is 2.55. The number of carbonyl (C=O) groups excluding carboxylic acids is 1. The predicted molar refractivity (Wildman–Crippen MR) is 78.9 cm³/mol. The van der Waals surface area contributed by atoms with Crippen LogP contribution >= 0.6 is 11.6 Å². The van der Waals surface area contributed by atoms with E-state index in [4.69, 9.17) is 16.3 Å². The molecule has 0 fully saturated rings. The second-order valence-corrected chi connectivity index (χ2v) is 5.01. The van der Waals surface area contributed by atoms with Crippen LogP contribution in [-0.2, 0) is 4.74 Å². The molecule has 0 aromatic heterocycles. The number of rotatable bonds is 7. The predicted octanol–water partition coefficient (Wildman–Crippen LogP) is 2.10. The summed E-state index contributed by atoms with van der Waals surface area (Å²) in [7, 11) is 1.52. The number of halogens is 1. The van der Waals surface area contributed by atoms with Crippen molar-refractivity contribution in [3.63, 3.8) is 0 Å². The van der Waals surface area contributed by atoms with Crippen LogP contribution in [0, 0.1) is 0 Å². The first-order valence-corrected chi connectivity index (χ1v) is 6.87. The summed E-state index contributed by atoms with van der Waals surface area (Å²) in [5.41, 5.74) is 0.976. The van der Waals surface area contributed by atoms with Gasteiger partial charge >= 0.3 is 6.03 Å². The van der Waals surface area contributed by atoms with Gasteiger partial charge in [-0.15, -0.1) is 0 Å². The van der Waals surface area contributed by atoms with Crippen LogP contribution in [0.4, 0.5) is 4.79 Å². The Morgan fingerprint density at radius 3 is 2.65 bits per heavy atom. The molecule has 0 saturated carbocycles. The number of amides is 2. The summed E-state index contributed by atoms with van der Waals surface area (Å²) in [6.07, 6.45) is -0.106. The first-order valence-electron chi connectivity index (χ1n) is 6.49. The fraction of sp³-hybridized carbons (Fsp3) is 0.500. The Kier molecular flexibility index (Phi) is 7.36. The fourth-order valence-corrected chi connectivity index (χ4v) is 1.84. The number of benzene rings is 1. The fourth-order valence-electron chi connectivity index (χ4n) is 1.71. The molecule has 0 saturated heterocycles. The number of hydrogen-bond acceptors (Lipinski definition) is 3. The second kappa shape index (κ2) is 8.79. The number of hydrogen-bond donors (Lipinski definition) is 3. The van der Waals surface area contributed by atoms with E-state index < -0.39 is 6.10 Å². The van der Waals surface area contributed by atoms with E-state index in [0.717, 1.165) is 5.56 Å². The minimum Gasteiger partial charge on any atom is -0.391 e. The highest BCUT2D eigenvalue weighted by atomic mass is 35.5. The van der Waals surface area contributed by atoms with E-state index in [1.165, 1.54) is 7.11 Å². The minimum atomic E-state index is -0.561. The highest BCUT2D eigenvalue weighted by Crippen LogP contribution is 2.15. The van der Waals surface area contributed by atoms with Crippen molar-refractivity contribution in [3.8, 4) is 0 Å².